The number of anilines is 1. The fraction of sp³-hybridized carbons (Fsp3) is 0.632. The van der Waals surface area contributed by atoms with E-state index in [9.17, 15) is 4.79 Å². The zero-order valence-corrected chi connectivity index (χ0v) is 15.0. The third kappa shape index (κ3) is 3.90. The van der Waals surface area contributed by atoms with E-state index in [2.05, 4.69) is 29.2 Å². The normalized spacial score (nSPS) is 25.2. The van der Waals surface area contributed by atoms with Crippen LogP contribution < -0.4 is 10.6 Å². The summed E-state index contributed by atoms with van der Waals surface area (Å²) in [6.07, 6.45) is 2.22. The lowest BCUT2D eigenvalue weighted by molar-refractivity contribution is -0.201. The monoisotopic (exact) mass is 331 g/mol. The first-order valence-electron chi connectivity index (χ1n) is 8.91. The summed E-state index contributed by atoms with van der Waals surface area (Å²) >= 11 is 0. The van der Waals surface area contributed by atoms with E-state index in [0.29, 0.717) is 12.0 Å². The highest BCUT2D eigenvalue weighted by atomic mass is 16.7. The first-order chi connectivity index (χ1) is 11.3. The third-order valence-electron chi connectivity index (χ3n) is 4.97. The van der Waals surface area contributed by atoms with Crippen LogP contribution >= 0.6 is 0 Å². The Morgan fingerprint density at radius 2 is 1.67 bits per heavy atom. The molecular formula is C19H29N3O2. The molecule has 1 aromatic rings. The number of hydrogen-bond donors (Lipinski definition) is 1. The van der Waals surface area contributed by atoms with Crippen LogP contribution in [0.25, 0.3) is 0 Å². The Morgan fingerprint density at radius 1 is 1.08 bits per heavy atom. The minimum Gasteiger partial charge on any atom is -0.369 e. The number of nitrogens with zero attached hydrogens (tertiary/aromatic N) is 2. The van der Waals surface area contributed by atoms with Crippen LogP contribution in [0.5, 0.6) is 0 Å². The highest BCUT2D eigenvalue weighted by molar-refractivity contribution is 5.75. The van der Waals surface area contributed by atoms with Gasteiger partial charge in [0, 0.05) is 24.8 Å². The maximum atomic E-state index is 12.0. The van der Waals surface area contributed by atoms with Crippen molar-refractivity contribution in [2.45, 2.75) is 45.6 Å². The van der Waals surface area contributed by atoms with Crippen LogP contribution in [-0.2, 0) is 9.63 Å². The SMILES string of the molecule is CC(C)(C)C(=O)ON1CCN(c2ccc(C3CC(N)C3)cc2)CC1. The second kappa shape index (κ2) is 6.73. The molecule has 132 valence electrons. The number of rotatable bonds is 3. The number of carbonyl (C=O) groups excluding carboxylic acids is 1. The summed E-state index contributed by atoms with van der Waals surface area (Å²) in [4.78, 5) is 19.8. The molecule has 1 saturated carbocycles. The van der Waals surface area contributed by atoms with E-state index >= 15 is 0 Å². The smallest absolute Gasteiger partial charge is 0.330 e. The standard InChI is InChI=1S/C19H29N3O2/c1-19(2,3)18(23)24-22-10-8-21(9-11-22)17-6-4-14(5-7-17)15-12-16(20)13-15/h4-7,15-16H,8-13,20H2,1-3H3. The molecule has 0 aromatic heterocycles. The summed E-state index contributed by atoms with van der Waals surface area (Å²) in [6, 6.07) is 9.26. The van der Waals surface area contributed by atoms with E-state index in [1.165, 1.54) is 11.3 Å². The summed E-state index contributed by atoms with van der Waals surface area (Å²) in [5.74, 6) is 0.474. The fourth-order valence-electron chi connectivity index (χ4n) is 3.18. The van der Waals surface area contributed by atoms with Gasteiger partial charge in [-0.3, -0.25) is 0 Å². The Hall–Kier alpha value is -1.59. The van der Waals surface area contributed by atoms with Gasteiger partial charge in [-0.05, 0) is 57.2 Å². The van der Waals surface area contributed by atoms with Gasteiger partial charge in [0.1, 0.15) is 0 Å². The highest BCUT2D eigenvalue weighted by Gasteiger charge is 2.29. The molecule has 2 N–H and O–H groups in total. The molecule has 5 heteroatoms. The van der Waals surface area contributed by atoms with E-state index in [1.807, 2.05) is 20.8 Å². The minimum absolute atomic E-state index is 0.168. The maximum absolute atomic E-state index is 12.0. The lowest BCUT2D eigenvalue weighted by Crippen LogP contribution is -2.48. The fourth-order valence-corrected chi connectivity index (χ4v) is 3.18. The topological polar surface area (TPSA) is 58.8 Å². The lowest BCUT2D eigenvalue weighted by atomic mass is 9.76. The highest BCUT2D eigenvalue weighted by Crippen LogP contribution is 2.36. The summed E-state index contributed by atoms with van der Waals surface area (Å²) in [6.45, 7) is 8.84. The predicted octanol–water partition coefficient (Wildman–Crippen LogP) is 2.52. The van der Waals surface area contributed by atoms with Crippen LogP contribution in [0.3, 0.4) is 0 Å². The van der Waals surface area contributed by atoms with Crippen LogP contribution in [-0.4, -0.2) is 43.3 Å². The van der Waals surface area contributed by atoms with Gasteiger partial charge in [-0.2, -0.15) is 0 Å². The number of piperazine rings is 1. The van der Waals surface area contributed by atoms with Crippen molar-refractivity contribution in [3.63, 3.8) is 0 Å². The zero-order chi connectivity index (χ0) is 17.3. The lowest BCUT2D eigenvalue weighted by Gasteiger charge is -2.36. The van der Waals surface area contributed by atoms with Gasteiger partial charge in [-0.15, -0.1) is 5.06 Å². The van der Waals surface area contributed by atoms with Crippen molar-refractivity contribution in [3.05, 3.63) is 29.8 Å². The molecular weight excluding hydrogens is 302 g/mol. The Balaban J connectivity index is 1.50. The summed E-state index contributed by atoms with van der Waals surface area (Å²) in [5, 5.41) is 1.79. The number of benzene rings is 1. The van der Waals surface area contributed by atoms with Gasteiger partial charge in [-0.25, -0.2) is 4.79 Å². The molecule has 0 amide bonds. The van der Waals surface area contributed by atoms with Gasteiger partial charge in [0.05, 0.1) is 18.5 Å². The van der Waals surface area contributed by atoms with Crippen molar-refractivity contribution in [2.75, 3.05) is 31.1 Å². The molecule has 1 aliphatic carbocycles. The van der Waals surface area contributed by atoms with Crippen molar-refractivity contribution in [2.24, 2.45) is 11.1 Å². The average Bonchev–Trinajstić information content (AvgIpc) is 2.52. The minimum atomic E-state index is -0.461. The van der Waals surface area contributed by atoms with Crippen molar-refractivity contribution < 1.29 is 9.63 Å². The molecule has 0 bridgehead atoms. The van der Waals surface area contributed by atoms with E-state index in [1.54, 1.807) is 5.06 Å². The molecule has 24 heavy (non-hydrogen) atoms. The molecule has 0 atom stereocenters. The van der Waals surface area contributed by atoms with E-state index < -0.39 is 5.41 Å². The summed E-state index contributed by atoms with van der Waals surface area (Å²) in [5.41, 5.74) is 8.06. The van der Waals surface area contributed by atoms with Crippen LogP contribution in [0.4, 0.5) is 5.69 Å². The zero-order valence-electron chi connectivity index (χ0n) is 15.0. The van der Waals surface area contributed by atoms with Gasteiger partial charge in [0.15, 0.2) is 0 Å². The van der Waals surface area contributed by atoms with Gasteiger partial charge in [0.25, 0.3) is 0 Å². The number of carbonyl (C=O) groups is 1. The first kappa shape index (κ1) is 17.2. The molecule has 1 aliphatic heterocycles. The molecule has 1 saturated heterocycles. The summed E-state index contributed by atoms with van der Waals surface area (Å²) < 4.78 is 0. The molecule has 1 aromatic carbocycles. The molecule has 3 rings (SSSR count). The predicted molar refractivity (Wildman–Crippen MR) is 95.7 cm³/mol. The van der Waals surface area contributed by atoms with E-state index in [0.717, 1.165) is 39.0 Å². The second-order valence-corrected chi connectivity index (χ2v) is 8.06. The van der Waals surface area contributed by atoms with Crippen molar-refractivity contribution >= 4 is 11.7 Å². The Labute approximate surface area is 144 Å². The van der Waals surface area contributed by atoms with E-state index in [-0.39, 0.29) is 5.97 Å². The van der Waals surface area contributed by atoms with Crippen LogP contribution in [0.2, 0.25) is 0 Å². The largest absolute Gasteiger partial charge is 0.369 e. The summed E-state index contributed by atoms with van der Waals surface area (Å²) in [7, 11) is 0. The average molecular weight is 331 g/mol. The van der Waals surface area contributed by atoms with E-state index in [4.69, 9.17) is 10.6 Å². The molecule has 2 fully saturated rings. The molecule has 0 unspecified atom stereocenters. The van der Waals surface area contributed by atoms with Crippen LogP contribution in [0, 0.1) is 5.41 Å². The first-order valence-corrected chi connectivity index (χ1v) is 8.91. The van der Waals surface area contributed by atoms with Gasteiger partial charge >= 0.3 is 5.97 Å². The molecule has 1 heterocycles. The molecule has 0 radical (unpaired) electrons. The number of hydrogen-bond acceptors (Lipinski definition) is 5. The Kier molecular flexibility index (Phi) is 4.83. The Bertz CT molecular complexity index is 565. The third-order valence-corrected chi connectivity index (χ3v) is 4.97. The van der Waals surface area contributed by atoms with Crippen molar-refractivity contribution in [1.82, 2.24) is 5.06 Å². The Morgan fingerprint density at radius 3 is 2.17 bits per heavy atom. The second-order valence-electron chi connectivity index (χ2n) is 8.06. The van der Waals surface area contributed by atoms with Crippen molar-refractivity contribution in [3.8, 4) is 0 Å². The number of hydroxylamine groups is 2. The van der Waals surface area contributed by atoms with Crippen LogP contribution in [0.1, 0.15) is 45.1 Å². The van der Waals surface area contributed by atoms with Crippen molar-refractivity contribution in [1.29, 1.82) is 0 Å². The van der Waals surface area contributed by atoms with Gasteiger partial charge in [0.2, 0.25) is 0 Å². The number of nitrogens with two attached hydrogens (primary N) is 1. The maximum Gasteiger partial charge on any atom is 0.330 e. The molecule has 0 spiro atoms. The van der Waals surface area contributed by atoms with Crippen LogP contribution in [0.15, 0.2) is 24.3 Å². The quantitative estimate of drug-likeness (QED) is 0.922. The van der Waals surface area contributed by atoms with Gasteiger partial charge in [-0.1, -0.05) is 12.1 Å². The van der Waals surface area contributed by atoms with Gasteiger partial charge < -0.3 is 15.5 Å². The molecule has 2 aliphatic rings. The molecule has 5 nitrogen and oxygen atoms in total.